The van der Waals surface area contributed by atoms with Crippen molar-refractivity contribution in [2.45, 2.75) is 39.7 Å². The molecule has 1 rings (SSSR count). The quantitative estimate of drug-likeness (QED) is 0.593. The van der Waals surface area contributed by atoms with Crippen LogP contribution < -0.4 is 0 Å². The average Bonchev–Trinajstić information content (AvgIpc) is 2.28. The van der Waals surface area contributed by atoms with Crippen molar-refractivity contribution in [3.05, 3.63) is 23.7 Å². The van der Waals surface area contributed by atoms with Gasteiger partial charge in [0.2, 0.25) is 0 Å². The molecule has 1 N–H and O–H groups in total. The van der Waals surface area contributed by atoms with E-state index < -0.39 is 5.60 Å². The van der Waals surface area contributed by atoms with Gasteiger partial charge in [0, 0.05) is 12.0 Å². The van der Waals surface area contributed by atoms with Gasteiger partial charge in [-0.15, -0.1) is 0 Å². The summed E-state index contributed by atoms with van der Waals surface area (Å²) < 4.78 is 10.1. The highest BCUT2D eigenvalue weighted by Crippen LogP contribution is 2.42. The van der Waals surface area contributed by atoms with Gasteiger partial charge in [0.15, 0.2) is 0 Å². The Morgan fingerprint density at radius 1 is 1.65 bits per heavy atom. The Morgan fingerprint density at radius 2 is 2.29 bits per heavy atom. The van der Waals surface area contributed by atoms with Crippen molar-refractivity contribution in [3.63, 3.8) is 0 Å². The fourth-order valence-electron chi connectivity index (χ4n) is 1.77. The van der Waals surface area contributed by atoms with Crippen LogP contribution in [0.2, 0.25) is 0 Å². The molecule has 0 saturated carbocycles. The number of ether oxygens (including phenoxy) is 2. The van der Waals surface area contributed by atoms with E-state index in [1.807, 2.05) is 20.8 Å². The normalized spacial score (nSPS) is 25.4. The SMILES string of the molecule is CCOC(=O)/C=C/CC(C)C1(C)OC(O)=C1C. The maximum atomic E-state index is 11.1. The molecule has 1 aliphatic rings. The summed E-state index contributed by atoms with van der Waals surface area (Å²) in [5.41, 5.74) is 0.429. The van der Waals surface area contributed by atoms with Crippen LogP contribution in [0, 0.1) is 5.92 Å². The molecule has 0 aromatic heterocycles. The van der Waals surface area contributed by atoms with Gasteiger partial charge < -0.3 is 14.6 Å². The summed E-state index contributed by atoms with van der Waals surface area (Å²) in [6.07, 6.45) is 3.90. The third-order valence-corrected chi connectivity index (χ3v) is 3.34. The number of carbonyl (C=O) groups is 1. The fourth-order valence-corrected chi connectivity index (χ4v) is 1.77. The van der Waals surface area contributed by atoms with Gasteiger partial charge in [-0.05, 0) is 27.2 Å². The third-order valence-electron chi connectivity index (χ3n) is 3.34. The fraction of sp³-hybridized carbons (Fsp3) is 0.615. The van der Waals surface area contributed by atoms with Crippen molar-refractivity contribution in [3.8, 4) is 0 Å². The van der Waals surface area contributed by atoms with Crippen molar-refractivity contribution in [1.29, 1.82) is 0 Å². The van der Waals surface area contributed by atoms with Gasteiger partial charge in [0.05, 0.1) is 12.2 Å². The molecule has 4 heteroatoms. The first-order valence-electron chi connectivity index (χ1n) is 5.84. The Labute approximate surface area is 102 Å². The van der Waals surface area contributed by atoms with E-state index in [1.165, 1.54) is 6.08 Å². The summed E-state index contributed by atoms with van der Waals surface area (Å²) >= 11 is 0. The number of rotatable bonds is 5. The molecule has 0 amide bonds. The number of aliphatic hydroxyl groups is 1. The highest BCUT2D eigenvalue weighted by atomic mass is 16.6. The lowest BCUT2D eigenvalue weighted by molar-refractivity contribution is -0.137. The van der Waals surface area contributed by atoms with E-state index in [4.69, 9.17) is 9.47 Å². The molecule has 1 aliphatic heterocycles. The zero-order chi connectivity index (χ0) is 13.1. The Kier molecular flexibility index (Phi) is 4.21. The number of esters is 1. The minimum atomic E-state index is -0.427. The maximum absolute atomic E-state index is 11.1. The van der Waals surface area contributed by atoms with Crippen molar-refractivity contribution >= 4 is 5.97 Å². The zero-order valence-corrected chi connectivity index (χ0v) is 10.8. The van der Waals surface area contributed by atoms with Gasteiger partial charge in [-0.1, -0.05) is 13.0 Å². The van der Waals surface area contributed by atoms with Crippen molar-refractivity contribution < 1.29 is 19.4 Å². The van der Waals surface area contributed by atoms with E-state index >= 15 is 0 Å². The summed E-state index contributed by atoms with van der Waals surface area (Å²) in [5, 5.41) is 9.25. The van der Waals surface area contributed by atoms with Gasteiger partial charge in [-0.25, -0.2) is 4.79 Å². The smallest absolute Gasteiger partial charge is 0.330 e. The van der Waals surface area contributed by atoms with E-state index in [-0.39, 0.29) is 17.8 Å². The van der Waals surface area contributed by atoms with Crippen LogP contribution in [-0.2, 0) is 14.3 Å². The van der Waals surface area contributed by atoms with Crippen molar-refractivity contribution in [1.82, 2.24) is 0 Å². The first-order chi connectivity index (χ1) is 7.91. The Morgan fingerprint density at radius 3 is 2.76 bits per heavy atom. The zero-order valence-electron chi connectivity index (χ0n) is 10.8. The topological polar surface area (TPSA) is 55.8 Å². The van der Waals surface area contributed by atoms with Crippen molar-refractivity contribution in [2.75, 3.05) is 6.61 Å². The minimum Gasteiger partial charge on any atom is -0.481 e. The van der Waals surface area contributed by atoms with Crippen LogP contribution in [-0.4, -0.2) is 23.3 Å². The third kappa shape index (κ3) is 2.81. The van der Waals surface area contributed by atoms with E-state index in [9.17, 15) is 9.90 Å². The predicted octanol–water partition coefficient (Wildman–Crippen LogP) is 2.71. The average molecular weight is 240 g/mol. The highest BCUT2D eigenvalue weighted by molar-refractivity contribution is 5.81. The van der Waals surface area contributed by atoms with Crippen LogP contribution in [0.5, 0.6) is 0 Å². The molecule has 0 bridgehead atoms. The molecule has 0 aliphatic carbocycles. The van der Waals surface area contributed by atoms with Crippen LogP contribution in [0.15, 0.2) is 23.7 Å². The molecule has 96 valence electrons. The molecule has 2 unspecified atom stereocenters. The standard InChI is InChI=1S/C13H20O4/c1-5-16-11(14)8-6-7-9(2)13(4)10(3)12(15)17-13/h6,8-9,15H,5,7H2,1-4H3/b8-6+. The van der Waals surface area contributed by atoms with Crippen LogP contribution in [0.4, 0.5) is 0 Å². The molecule has 0 aromatic carbocycles. The molecule has 1 heterocycles. The summed E-state index contributed by atoms with van der Waals surface area (Å²) in [5.74, 6) is -0.118. The van der Waals surface area contributed by atoms with Gasteiger partial charge in [-0.3, -0.25) is 0 Å². The molecule has 0 spiro atoms. The monoisotopic (exact) mass is 240 g/mol. The summed E-state index contributed by atoms with van der Waals surface area (Å²) in [4.78, 5) is 11.1. The predicted molar refractivity (Wildman–Crippen MR) is 64.4 cm³/mol. The Balaban J connectivity index is 2.47. The largest absolute Gasteiger partial charge is 0.481 e. The number of allylic oxidation sites excluding steroid dienone is 1. The van der Waals surface area contributed by atoms with Crippen molar-refractivity contribution in [2.24, 2.45) is 5.92 Å². The Bertz CT molecular complexity index is 356. The lowest BCUT2D eigenvalue weighted by Crippen LogP contribution is -2.45. The van der Waals surface area contributed by atoms with Crippen LogP contribution in [0.3, 0.4) is 0 Å². The second kappa shape index (κ2) is 5.25. The molecule has 0 aromatic rings. The van der Waals surface area contributed by atoms with Gasteiger partial charge >= 0.3 is 5.97 Å². The molecule has 0 radical (unpaired) electrons. The lowest BCUT2D eigenvalue weighted by Gasteiger charge is -2.43. The van der Waals surface area contributed by atoms with Crippen LogP contribution in [0.1, 0.15) is 34.1 Å². The highest BCUT2D eigenvalue weighted by Gasteiger charge is 2.45. The lowest BCUT2D eigenvalue weighted by atomic mass is 9.79. The van der Waals surface area contributed by atoms with E-state index in [1.54, 1.807) is 13.0 Å². The second-order valence-corrected chi connectivity index (χ2v) is 4.43. The second-order valence-electron chi connectivity index (χ2n) is 4.43. The molecular formula is C13H20O4. The molecule has 0 fully saturated rings. The summed E-state index contributed by atoms with van der Waals surface area (Å²) in [6.45, 7) is 7.96. The number of hydrogen-bond acceptors (Lipinski definition) is 4. The Hall–Kier alpha value is -1.45. The van der Waals surface area contributed by atoms with E-state index in [0.717, 1.165) is 5.57 Å². The van der Waals surface area contributed by atoms with E-state index in [0.29, 0.717) is 13.0 Å². The molecule has 17 heavy (non-hydrogen) atoms. The maximum Gasteiger partial charge on any atom is 0.330 e. The molecule has 2 atom stereocenters. The molecular weight excluding hydrogens is 220 g/mol. The number of aliphatic hydroxyl groups excluding tert-OH is 1. The van der Waals surface area contributed by atoms with Crippen LogP contribution in [0.25, 0.3) is 0 Å². The number of carbonyl (C=O) groups excluding carboxylic acids is 1. The molecule has 4 nitrogen and oxygen atoms in total. The van der Waals surface area contributed by atoms with E-state index in [2.05, 4.69) is 0 Å². The van der Waals surface area contributed by atoms with Gasteiger partial charge in [0.25, 0.3) is 5.95 Å². The van der Waals surface area contributed by atoms with Crippen LogP contribution >= 0.6 is 0 Å². The number of hydrogen-bond donors (Lipinski definition) is 1. The first-order valence-corrected chi connectivity index (χ1v) is 5.84. The summed E-state index contributed by atoms with van der Waals surface area (Å²) in [6, 6.07) is 0. The first kappa shape index (κ1) is 13.6. The summed E-state index contributed by atoms with van der Waals surface area (Å²) in [7, 11) is 0. The minimum absolute atomic E-state index is 0.0220. The van der Waals surface area contributed by atoms with Gasteiger partial charge in [-0.2, -0.15) is 0 Å². The molecule has 0 saturated heterocycles. The van der Waals surface area contributed by atoms with Gasteiger partial charge in [0.1, 0.15) is 5.60 Å².